The minimum Gasteiger partial charge on any atom is -0.303 e. The molecule has 2 heteroatoms. The van der Waals surface area contributed by atoms with Crippen LogP contribution < -0.4 is 0 Å². The van der Waals surface area contributed by atoms with Crippen molar-refractivity contribution in [1.29, 1.82) is 0 Å². The highest BCUT2D eigenvalue weighted by Crippen LogP contribution is 2.19. The molecule has 0 heterocycles. The van der Waals surface area contributed by atoms with Crippen molar-refractivity contribution >= 4 is 12.1 Å². The molecule has 0 radical (unpaired) electrons. The molecule has 0 aliphatic heterocycles. The Kier molecular flexibility index (Phi) is 4.90. The summed E-state index contributed by atoms with van der Waals surface area (Å²) in [5.74, 6) is 0.137. The number of hydrogen-bond donors (Lipinski definition) is 0. The van der Waals surface area contributed by atoms with Crippen LogP contribution in [-0.4, -0.2) is 12.1 Å². The summed E-state index contributed by atoms with van der Waals surface area (Å²) >= 11 is 0. The second kappa shape index (κ2) is 6.21. The lowest BCUT2D eigenvalue weighted by molar-refractivity contribution is -0.112. The summed E-state index contributed by atoms with van der Waals surface area (Å²) in [6.07, 6.45) is 10.5. The van der Waals surface area contributed by atoms with Crippen LogP contribution in [0.15, 0.2) is 34.9 Å². The van der Waals surface area contributed by atoms with Gasteiger partial charge in [-0.2, -0.15) is 0 Å². The molecule has 2 nitrogen and oxygen atoms in total. The summed E-state index contributed by atoms with van der Waals surface area (Å²) in [7, 11) is 0. The number of hydrogen-bond acceptors (Lipinski definition) is 2. The molecule has 16 heavy (non-hydrogen) atoms. The molecular weight excluding hydrogens is 200 g/mol. The van der Waals surface area contributed by atoms with Crippen LogP contribution in [0.2, 0.25) is 0 Å². The zero-order chi connectivity index (χ0) is 12.0. The van der Waals surface area contributed by atoms with E-state index >= 15 is 0 Å². The Bertz CT molecular complexity index is 346. The van der Waals surface area contributed by atoms with Gasteiger partial charge in [0.25, 0.3) is 0 Å². The Morgan fingerprint density at radius 1 is 1.06 bits per heavy atom. The monoisotopic (exact) mass is 218 g/mol. The molecule has 0 aromatic carbocycles. The second-order valence-electron chi connectivity index (χ2n) is 4.14. The summed E-state index contributed by atoms with van der Waals surface area (Å²) in [6.45, 7) is 3.69. The van der Waals surface area contributed by atoms with Crippen molar-refractivity contribution in [3.8, 4) is 0 Å². The molecule has 0 N–H and O–H groups in total. The Morgan fingerprint density at radius 3 is 2.19 bits per heavy atom. The van der Waals surface area contributed by atoms with Gasteiger partial charge >= 0.3 is 0 Å². The Balaban J connectivity index is 2.51. The van der Waals surface area contributed by atoms with E-state index in [2.05, 4.69) is 6.08 Å². The number of unbranched alkanes of at least 4 members (excludes halogenated alkanes) is 3. The summed E-state index contributed by atoms with van der Waals surface area (Å²) in [6, 6.07) is 0. The maximum Gasteiger partial charge on any atom is 0.184 e. The highest BCUT2D eigenvalue weighted by Gasteiger charge is 2.11. The molecule has 1 rings (SSSR count). The number of aldehydes is 1. The molecule has 0 saturated carbocycles. The highest BCUT2D eigenvalue weighted by molar-refractivity contribution is 6.09. The SMILES string of the molecule is CC1=CC(=CCCCCC=O)C=C(C)C1=O. The lowest BCUT2D eigenvalue weighted by Crippen LogP contribution is -2.05. The van der Waals surface area contributed by atoms with Crippen LogP contribution in [0, 0.1) is 0 Å². The maximum absolute atomic E-state index is 11.5. The van der Waals surface area contributed by atoms with Crippen molar-refractivity contribution in [1.82, 2.24) is 0 Å². The third-order valence-electron chi connectivity index (χ3n) is 2.64. The molecule has 0 bridgehead atoms. The predicted octanol–water partition coefficient (Wildman–Crippen LogP) is 3.15. The van der Waals surface area contributed by atoms with E-state index in [-0.39, 0.29) is 5.78 Å². The lowest BCUT2D eigenvalue weighted by Gasteiger charge is -2.09. The maximum atomic E-state index is 11.5. The molecule has 86 valence electrons. The number of Topliss-reactive ketones (excluding diaryl/α,β-unsaturated/α-hetero) is 1. The van der Waals surface area contributed by atoms with Crippen LogP contribution in [0.3, 0.4) is 0 Å². The summed E-state index contributed by atoms with van der Waals surface area (Å²) in [4.78, 5) is 21.6. The molecule has 1 aliphatic carbocycles. The standard InChI is InChI=1S/C14H18O2/c1-11-9-13(10-12(2)14(11)16)7-5-3-4-6-8-15/h7-10H,3-6H2,1-2H3. The van der Waals surface area contributed by atoms with Gasteiger partial charge in [0.15, 0.2) is 5.78 Å². The smallest absolute Gasteiger partial charge is 0.184 e. The number of rotatable bonds is 5. The van der Waals surface area contributed by atoms with Crippen molar-refractivity contribution < 1.29 is 9.59 Å². The fraction of sp³-hybridized carbons (Fsp3) is 0.429. The quantitative estimate of drug-likeness (QED) is 0.524. The average Bonchev–Trinajstić information content (AvgIpc) is 2.25. The highest BCUT2D eigenvalue weighted by atomic mass is 16.1. The number of allylic oxidation sites excluding steroid dienone is 6. The lowest BCUT2D eigenvalue weighted by atomic mass is 9.95. The van der Waals surface area contributed by atoms with Gasteiger partial charge in [0.1, 0.15) is 6.29 Å². The van der Waals surface area contributed by atoms with Gasteiger partial charge in [-0.25, -0.2) is 0 Å². The number of carbonyl (C=O) groups excluding carboxylic acids is 2. The Hall–Kier alpha value is -1.44. The van der Waals surface area contributed by atoms with Gasteiger partial charge in [-0.3, -0.25) is 4.79 Å². The normalized spacial score (nSPS) is 15.6. The van der Waals surface area contributed by atoms with Crippen LogP contribution in [0.5, 0.6) is 0 Å². The first-order valence-electron chi connectivity index (χ1n) is 5.70. The summed E-state index contributed by atoms with van der Waals surface area (Å²) in [5, 5.41) is 0. The largest absolute Gasteiger partial charge is 0.303 e. The molecule has 0 atom stereocenters. The zero-order valence-corrected chi connectivity index (χ0v) is 9.95. The fourth-order valence-corrected chi connectivity index (χ4v) is 1.74. The minimum atomic E-state index is 0.137. The third kappa shape index (κ3) is 3.61. The molecule has 0 unspecified atom stereocenters. The first kappa shape index (κ1) is 12.6. The van der Waals surface area contributed by atoms with Crippen molar-refractivity contribution in [3.05, 3.63) is 34.9 Å². The zero-order valence-electron chi connectivity index (χ0n) is 9.95. The molecule has 0 aromatic heterocycles. The van der Waals surface area contributed by atoms with Crippen molar-refractivity contribution in [2.24, 2.45) is 0 Å². The van der Waals surface area contributed by atoms with E-state index in [4.69, 9.17) is 0 Å². The van der Waals surface area contributed by atoms with Gasteiger partial charge in [0.2, 0.25) is 0 Å². The van der Waals surface area contributed by atoms with E-state index in [1.165, 1.54) is 0 Å². The predicted molar refractivity (Wildman–Crippen MR) is 65.1 cm³/mol. The summed E-state index contributed by atoms with van der Waals surface area (Å²) in [5.41, 5.74) is 2.72. The van der Waals surface area contributed by atoms with Crippen molar-refractivity contribution in [3.63, 3.8) is 0 Å². The third-order valence-corrected chi connectivity index (χ3v) is 2.64. The van der Waals surface area contributed by atoms with E-state index in [0.717, 1.165) is 42.3 Å². The first-order valence-corrected chi connectivity index (χ1v) is 5.70. The Labute approximate surface area is 96.7 Å². The van der Waals surface area contributed by atoms with Gasteiger partial charge in [0, 0.05) is 6.42 Å². The van der Waals surface area contributed by atoms with Gasteiger partial charge in [-0.15, -0.1) is 0 Å². The summed E-state index contributed by atoms with van der Waals surface area (Å²) < 4.78 is 0. The minimum absolute atomic E-state index is 0.137. The molecule has 1 aliphatic rings. The average molecular weight is 218 g/mol. The van der Waals surface area contributed by atoms with Crippen LogP contribution in [-0.2, 0) is 9.59 Å². The van der Waals surface area contributed by atoms with Gasteiger partial charge in [-0.05, 0) is 62.0 Å². The number of ketones is 1. The van der Waals surface area contributed by atoms with Crippen LogP contribution in [0.25, 0.3) is 0 Å². The van der Waals surface area contributed by atoms with Crippen molar-refractivity contribution in [2.75, 3.05) is 0 Å². The van der Waals surface area contributed by atoms with E-state index in [0.29, 0.717) is 6.42 Å². The molecule has 0 aromatic rings. The number of carbonyl (C=O) groups is 2. The van der Waals surface area contributed by atoms with E-state index in [1.807, 2.05) is 26.0 Å². The molecule has 0 amide bonds. The fourth-order valence-electron chi connectivity index (χ4n) is 1.74. The first-order chi connectivity index (χ1) is 7.65. The van der Waals surface area contributed by atoms with E-state index in [9.17, 15) is 9.59 Å². The van der Waals surface area contributed by atoms with Crippen LogP contribution in [0.1, 0.15) is 39.5 Å². The molecule has 0 fully saturated rings. The molecule has 0 spiro atoms. The van der Waals surface area contributed by atoms with Crippen LogP contribution >= 0.6 is 0 Å². The van der Waals surface area contributed by atoms with Gasteiger partial charge in [0.05, 0.1) is 0 Å². The van der Waals surface area contributed by atoms with Crippen LogP contribution in [0.4, 0.5) is 0 Å². The van der Waals surface area contributed by atoms with Gasteiger partial charge in [-0.1, -0.05) is 6.08 Å². The second-order valence-corrected chi connectivity index (χ2v) is 4.14. The van der Waals surface area contributed by atoms with E-state index in [1.54, 1.807) is 0 Å². The topological polar surface area (TPSA) is 34.1 Å². The van der Waals surface area contributed by atoms with Crippen molar-refractivity contribution in [2.45, 2.75) is 39.5 Å². The van der Waals surface area contributed by atoms with E-state index < -0.39 is 0 Å². The molecule has 0 saturated heterocycles. The Morgan fingerprint density at radius 2 is 1.62 bits per heavy atom. The van der Waals surface area contributed by atoms with Gasteiger partial charge < -0.3 is 4.79 Å². The molecular formula is C14H18O2.